The van der Waals surface area contributed by atoms with Gasteiger partial charge in [0.2, 0.25) is 0 Å². The summed E-state index contributed by atoms with van der Waals surface area (Å²) < 4.78 is 25.3. The highest BCUT2D eigenvalue weighted by molar-refractivity contribution is 6.44. The third-order valence-corrected chi connectivity index (χ3v) is 2.34. The highest BCUT2D eigenvalue weighted by Crippen LogP contribution is 2.11. The Morgan fingerprint density at radius 2 is 1.45 bits per heavy atom. The van der Waals surface area contributed by atoms with Crippen molar-refractivity contribution in [3.63, 3.8) is 0 Å². The van der Waals surface area contributed by atoms with Crippen molar-refractivity contribution in [3.05, 3.63) is 66.2 Å². The quantitative estimate of drug-likeness (QED) is 0.618. The van der Waals surface area contributed by atoms with Gasteiger partial charge in [0.15, 0.2) is 11.5 Å². The zero-order valence-corrected chi connectivity index (χ0v) is 10.2. The molecule has 0 radical (unpaired) electrons. The Labute approximate surface area is 113 Å². The number of hydrogen-bond acceptors (Lipinski definition) is 4. The lowest BCUT2D eigenvalue weighted by Crippen LogP contribution is -2.12. The molecule has 4 nitrogen and oxygen atoms in total. The Morgan fingerprint density at radius 3 is 2.05 bits per heavy atom. The molecule has 0 aliphatic rings. The molecule has 0 amide bonds. The highest BCUT2D eigenvalue weighted by Gasteiger charge is 2.14. The van der Waals surface area contributed by atoms with Crippen molar-refractivity contribution in [2.24, 2.45) is 10.3 Å². The predicted octanol–water partition coefficient (Wildman–Crippen LogP) is 3.65. The second-order valence-electron chi connectivity index (χ2n) is 3.66. The van der Waals surface area contributed by atoms with Gasteiger partial charge in [0.25, 0.3) is 5.97 Å². The summed E-state index contributed by atoms with van der Waals surface area (Å²) in [6.07, 6.45) is 0. The molecule has 2 aromatic carbocycles. The number of para-hydroxylation sites is 1. The number of halogens is 2. The van der Waals surface area contributed by atoms with Gasteiger partial charge in [-0.2, -0.15) is 9.43 Å². The fourth-order valence-electron chi connectivity index (χ4n) is 1.46. The summed E-state index contributed by atoms with van der Waals surface area (Å²) in [6.45, 7) is 0. The van der Waals surface area contributed by atoms with Crippen LogP contribution in [0.5, 0.6) is 5.75 Å². The van der Waals surface area contributed by atoms with Gasteiger partial charge in [0.1, 0.15) is 0 Å². The van der Waals surface area contributed by atoms with Gasteiger partial charge in [-0.05, 0) is 17.3 Å². The normalized spacial score (nSPS) is 12.1. The zero-order valence-electron chi connectivity index (χ0n) is 10.2. The average molecular weight is 276 g/mol. The summed E-state index contributed by atoms with van der Waals surface area (Å²) in [6, 6.07) is 16.8. The Hall–Kier alpha value is -2.76. The van der Waals surface area contributed by atoms with Crippen molar-refractivity contribution in [2.45, 2.75) is 0 Å². The van der Waals surface area contributed by atoms with Crippen molar-refractivity contribution in [3.8, 4) is 5.75 Å². The molecule has 0 heterocycles. The van der Waals surface area contributed by atoms with E-state index in [1.165, 1.54) is 0 Å². The zero-order chi connectivity index (χ0) is 14.2. The van der Waals surface area contributed by atoms with E-state index >= 15 is 0 Å². The van der Waals surface area contributed by atoms with Crippen molar-refractivity contribution in [2.75, 3.05) is 0 Å². The Balaban J connectivity index is 2.30. The summed E-state index contributed by atoms with van der Waals surface area (Å²) in [7, 11) is 0. The molecule has 20 heavy (non-hydrogen) atoms. The van der Waals surface area contributed by atoms with Crippen LogP contribution in [0.2, 0.25) is 0 Å². The minimum Gasteiger partial charge on any atom is -0.356 e. The van der Waals surface area contributed by atoms with Crippen molar-refractivity contribution < 1.29 is 18.8 Å². The maximum atomic E-state index is 13.6. The molecule has 0 unspecified atom stereocenters. The number of oxime groups is 2. The average Bonchev–Trinajstić information content (AvgIpc) is 2.50. The van der Waals surface area contributed by atoms with Crippen LogP contribution in [0.3, 0.4) is 0 Å². The van der Waals surface area contributed by atoms with Crippen LogP contribution in [0.25, 0.3) is 0 Å². The van der Waals surface area contributed by atoms with Gasteiger partial charge >= 0.3 is 0 Å². The van der Waals surface area contributed by atoms with E-state index in [0.29, 0.717) is 11.3 Å². The first-order chi connectivity index (χ1) is 9.81. The van der Waals surface area contributed by atoms with Crippen LogP contribution in [-0.2, 0) is 5.04 Å². The first-order valence-electron chi connectivity index (χ1n) is 5.68. The van der Waals surface area contributed by atoms with E-state index in [2.05, 4.69) is 15.4 Å². The SMILES string of the molecule is FON=C(F)C(=NOc1ccccc1)c1ccccc1. The first kappa shape index (κ1) is 13.7. The molecule has 0 spiro atoms. The topological polar surface area (TPSA) is 43.2 Å². The lowest BCUT2D eigenvalue weighted by Gasteiger charge is -2.03. The van der Waals surface area contributed by atoms with Crippen LogP contribution in [-0.4, -0.2) is 11.7 Å². The Bertz CT molecular complexity index is 601. The van der Waals surface area contributed by atoms with Crippen LogP contribution in [0.4, 0.5) is 8.92 Å². The first-order valence-corrected chi connectivity index (χ1v) is 5.68. The second kappa shape index (κ2) is 6.98. The molecule has 0 N–H and O–H groups in total. The molecular weight excluding hydrogens is 266 g/mol. The maximum absolute atomic E-state index is 13.6. The molecule has 0 aliphatic heterocycles. The van der Waals surface area contributed by atoms with Gasteiger partial charge in [-0.15, -0.1) is 0 Å². The predicted molar refractivity (Wildman–Crippen MR) is 70.8 cm³/mol. The molecule has 0 saturated heterocycles. The molecule has 0 atom stereocenters. The van der Waals surface area contributed by atoms with E-state index in [0.717, 1.165) is 0 Å². The minimum absolute atomic E-state index is 0.271. The highest BCUT2D eigenvalue weighted by atomic mass is 19.3. The Kier molecular flexibility index (Phi) is 4.77. The van der Waals surface area contributed by atoms with Gasteiger partial charge in [-0.3, -0.25) is 0 Å². The molecule has 0 aromatic heterocycles. The van der Waals surface area contributed by atoms with Crippen molar-refractivity contribution >= 4 is 11.7 Å². The van der Waals surface area contributed by atoms with Crippen LogP contribution >= 0.6 is 0 Å². The van der Waals surface area contributed by atoms with Crippen LogP contribution in [0.1, 0.15) is 5.56 Å². The minimum atomic E-state index is -1.23. The molecular formula is C14H10F2N2O2. The van der Waals surface area contributed by atoms with E-state index < -0.39 is 5.97 Å². The van der Waals surface area contributed by atoms with Gasteiger partial charge in [0, 0.05) is 10.1 Å². The van der Waals surface area contributed by atoms with Crippen LogP contribution < -0.4 is 4.84 Å². The van der Waals surface area contributed by atoms with Crippen molar-refractivity contribution in [1.29, 1.82) is 0 Å². The van der Waals surface area contributed by atoms with Crippen LogP contribution in [0, 0.1) is 0 Å². The smallest absolute Gasteiger partial charge is 0.283 e. The van der Waals surface area contributed by atoms with Crippen molar-refractivity contribution in [1.82, 2.24) is 0 Å². The van der Waals surface area contributed by atoms with E-state index in [-0.39, 0.29) is 5.71 Å². The lowest BCUT2D eigenvalue weighted by atomic mass is 10.1. The molecule has 0 saturated carbocycles. The van der Waals surface area contributed by atoms with E-state index in [4.69, 9.17) is 4.84 Å². The number of hydrogen-bond donors (Lipinski definition) is 0. The van der Waals surface area contributed by atoms with Gasteiger partial charge < -0.3 is 4.84 Å². The monoisotopic (exact) mass is 276 g/mol. The summed E-state index contributed by atoms with van der Waals surface area (Å²) in [5.41, 5.74) is 0.105. The fraction of sp³-hybridized carbons (Fsp3) is 0. The van der Waals surface area contributed by atoms with Crippen LogP contribution in [0.15, 0.2) is 71.0 Å². The largest absolute Gasteiger partial charge is 0.356 e. The van der Waals surface area contributed by atoms with Gasteiger partial charge in [-0.1, -0.05) is 53.7 Å². The molecule has 2 rings (SSSR count). The second-order valence-corrected chi connectivity index (χ2v) is 3.66. The number of benzene rings is 2. The van der Waals surface area contributed by atoms with E-state index in [1.807, 2.05) is 0 Å². The number of rotatable bonds is 5. The summed E-state index contributed by atoms with van der Waals surface area (Å²) in [5.74, 6) is -0.815. The van der Waals surface area contributed by atoms with E-state index in [9.17, 15) is 8.92 Å². The summed E-state index contributed by atoms with van der Waals surface area (Å²) in [5, 5.41) is 9.17. The molecule has 0 bridgehead atoms. The number of nitrogens with zero attached hydrogens (tertiary/aromatic N) is 2. The molecule has 2 aromatic rings. The third-order valence-electron chi connectivity index (χ3n) is 2.34. The summed E-state index contributed by atoms with van der Waals surface area (Å²) >= 11 is 0. The maximum Gasteiger partial charge on any atom is 0.283 e. The molecule has 0 fully saturated rings. The Morgan fingerprint density at radius 1 is 0.850 bits per heavy atom. The lowest BCUT2D eigenvalue weighted by molar-refractivity contribution is -0.131. The standard InChI is InChI=1S/C14H10F2N2O2/c15-14(18-20-16)13(11-7-3-1-4-8-11)17-19-12-9-5-2-6-10-12/h1-10H. The van der Waals surface area contributed by atoms with Gasteiger partial charge in [-0.25, -0.2) is 0 Å². The van der Waals surface area contributed by atoms with E-state index in [1.54, 1.807) is 60.7 Å². The third kappa shape index (κ3) is 3.61. The molecule has 6 heteroatoms. The van der Waals surface area contributed by atoms with Gasteiger partial charge in [0.05, 0.1) is 0 Å². The molecule has 102 valence electrons. The summed E-state index contributed by atoms with van der Waals surface area (Å²) in [4.78, 5) is 5.08. The fourth-order valence-corrected chi connectivity index (χ4v) is 1.46. The molecule has 0 aliphatic carbocycles.